The van der Waals surface area contributed by atoms with Gasteiger partial charge in [0, 0.05) is 18.9 Å². The summed E-state index contributed by atoms with van der Waals surface area (Å²) in [6.45, 7) is 6.97. The minimum Gasteiger partial charge on any atom is -0.454 e. The molecule has 3 aromatic carbocycles. The first-order valence-electron chi connectivity index (χ1n) is 13.3. The standard InChI is InChI=1S/C32H35NO4/c1-4-24(5-2)31(35)33-19-22-8-10-25(11-9-22)27-16-23(7-6-21(27)3)17-30(34)32(14-15-32)26-12-13-28-29(18-26)37-20-36-28/h6-13,16,18,24H,4-5,14-15,17,19-20H2,1-3H3,(H,33,35). The number of amides is 1. The summed E-state index contributed by atoms with van der Waals surface area (Å²) in [6, 6.07) is 20.5. The summed E-state index contributed by atoms with van der Waals surface area (Å²) in [5, 5.41) is 3.06. The lowest BCUT2D eigenvalue weighted by molar-refractivity contribution is -0.125. The third-order valence-corrected chi connectivity index (χ3v) is 7.96. The van der Waals surface area contributed by atoms with Crippen LogP contribution in [0.1, 0.15) is 61.8 Å². The molecule has 2 aliphatic rings. The van der Waals surface area contributed by atoms with Crippen LogP contribution in [0.3, 0.4) is 0 Å². The van der Waals surface area contributed by atoms with Gasteiger partial charge in [0.1, 0.15) is 5.78 Å². The van der Waals surface area contributed by atoms with E-state index in [0.29, 0.717) is 13.0 Å². The Labute approximate surface area is 219 Å². The summed E-state index contributed by atoms with van der Waals surface area (Å²) in [4.78, 5) is 25.8. The molecule has 192 valence electrons. The van der Waals surface area contributed by atoms with Crippen molar-refractivity contribution in [3.63, 3.8) is 0 Å². The van der Waals surface area contributed by atoms with Crippen LogP contribution in [0.4, 0.5) is 0 Å². The summed E-state index contributed by atoms with van der Waals surface area (Å²) >= 11 is 0. The molecule has 0 bridgehead atoms. The molecule has 1 aliphatic heterocycles. The van der Waals surface area contributed by atoms with Crippen molar-refractivity contribution in [2.24, 2.45) is 5.92 Å². The zero-order valence-corrected chi connectivity index (χ0v) is 21.9. The molecule has 5 rings (SSSR count). The van der Waals surface area contributed by atoms with E-state index in [1.165, 1.54) is 5.56 Å². The van der Waals surface area contributed by atoms with Gasteiger partial charge < -0.3 is 14.8 Å². The fourth-order valence-electron chi connectivity index (χ4n) is 5.29. The molecule has 1 saturated carbocycles. The van der Waals surface area contributed by atoms with Crippen LogP contribution in [0.15, 0.2) is 60.7 Å². The van der Waals surface area contributed by atoms with Gasteiger partial charge in [-0.25, -0.2) is 0 Å². The van der Waals surface area contributed by atoms with Gasteiger partial charge in [0.15, 0.2) is 11.5 Å². The number of carbonyl (C=O) groups excluding carboxylic acids is 2. The molecule has 0 radical (unpaired) electrons. The van der Waals surface area contributed by atoms with Crippen molar-refractivity contribution in [2.45, 2.75) is 64.8 Å². The summed E-state index contributed by atoms with van der Waals surface area (Å²) in [6.07, 6.45) is 3.87. The minimum absolute atomic E-state index is 0.0761. The van der Waals surface area contributed by atoms with Gasteiger partial charge in [0.2, 0.25) is 12.7 Å². The lowest BCUT2D eigenvalue weighted by Crippen LogP contribution is -2.29. The SMILES string of the molecule is CCC(CC)C(=O)NCc1ccc(-c2cc(CC(=O)C3(c4ccc5c(c4)OCO5)CC3)ccc2C)cc1. The van der Waals surface area contributed by atoms with Crippen molar-refractivity contribution in [1.82, 2.24) is 5.32 Å². The smallest absolute Gasteiger partial charge is 0.231 e. The van der Waals surface area contributed by atoms with E-state index in [1.54, 1.807) is 0 Å². The Morgan fingerprint density at radius 1 is 0.892 bits per heavy atom. The second-order valence-corrected chi connectivity index (χ2v) is 10.3. The van der Waals surface area contributed by atoms with Crippen LogP contribution in [-0.4, -0.2) is 18.5 Å². The topological polar surface area (TPSA) is 64.6 Å². The lowest BCUT2D eigenvalue weighted by atomic mass is 9.87. The monoisotopic (exact) mass is 497 g/mol. The van der Waals surface area contributed by atoms with E-state index in [2.05, 4.69) is 68.6 Å². The predicted octanol–water partition coefficient (Wildman–Crippen LogP) is 6.29. The van der Waals surface area contributed by atoms with E-state index in [9.17, 15) is 9.59 Å². The maximum atomic E-state index is 13.5. The summed E-state index contributed by atoms with van der Waals surface area (Å²) in [5.41, 5.74) is 6.13. The zero-order chi connectivity index (χ0) is 26.0. The molecule has 1 N–H and O–H groups in total. The number of aryl methyl sites for hydroxylation is 1. The molecule has 1 heterocycles. The van der Waals surface area contributed by atoms with E-state index in [-0.39, 0.29) is 24.4 Å². The molecule has 5 heteroatoms. The molecule has 5 nitrogen and oxygen atoms in total. The first-order chi connectivity index (χ1) is 17.9. The maximum Gasteiger partial charge on any atom is 0.231 e. The van der Waals surface area contributed by atoms with Gasteiger partial charge in [-0.05, 0) is 78.1 Å². The third-order valence-electron chi connectivity index (χ3n) is 7.96. The van der Waals surface area contributed by atoms with Crippen molar-refractivity contribution in [3.8, 4) is 22.6 Å². The molecule has 3 aromatic rings. The van der Waals surface area contributed by atoms with E-state index in [4.69, 9.17) is 9.47 Å². The number of hydrogen-bond acceptors (Lipinski definition) is 4. The molecule has 0 atom stereocenters. The Kier molecular flexibility index (Phi) is 7.05. The predicted molar refractivity (Wildman–Crippen MR) is 145 cm³/mol. The highest BCUT2D eigenvalue weighted by Gasteiger charge is 2.50. The number of ether oxygens (including phenoxy) is 2. The number of ketones is 1. The van der Waals surface area contributed by atoms with E-state index >= 15 is 0 Å². The Morgan fingerprint density at radius 3 is 2.30 bits per heavy atom. The molecular weight excluding hydrogens is 462 g/mol. The third kappa shape index (κ3) is 5.13. The van der Waals surface area contributed by atoms with E-state index in [1.807, 2.05) is 18.2 Å². The highest BCUT2D eigenvalue weighted by molar-refractivity contribution is 5.95. The minimum atomic E-state index is -0.410. The van der Waals surface area contributed by atoms with Crippen molar-refractivity contribution < 1.29 is 19.1 Å². The van der Waals surface area contributed by atoms with Crippen molar-refractivity contribution >= 4 is 11.7 Å². The summed E-state index contributed by atoms with van der Waals surface area (Å²) in [5.74, 6) is 1.93. The van der Waals surface area contributed by atoms with Crippen LogP contribution in [0, 0.1) is 12.8 Å². The van der Waals surface area contributed by atoms with Crippen LogP contribution >= 0.6 is 0 Å². The summed E-state index contributed by atoms with van der Waals surface area (Å²) < 4.78 is 11.0. The molecule has 0 spiro atoms. The Hall–Kier alpha value is -3.60. The van der Waals surface area contributed by atoms with Gasteiger partial charge in [-0.3, -0.25) is 9.59 Å². The molecule has 1 amide bonds. The van der Waals surface area contributed by atoms with Gasteiger partial charge in [-0.2, -0.15) is 0 Å². The zero-order valence-electron chi connectivity index (χ0n) is 21.9. The van der Waals surface area contributed by atoms with Crippen LogP contribution in [0.5, 0.6) is 11.5 Å². The molecule has 1 aliphatic carbocycles. The highest BCUT2D eigenvalue weighted by Crippen LogP contribution is 2.51. The molecule has 0 saturated heterocycles. The van der Waals surface area contributed by atoms with E-state index in [0.717, 1.165) is 65.0 Å². The fraction of sp³-hybridized carbons (Fsp3) is 0.375. The second-order valence-electron chi connectivity index (χ2n) is 10.3. The largest absolute Gasteiger partial charge is 0.454 e. The maximum absolute atomic E-state index is 13.5. The van der Waals surface area contributed by atoms with Crippen LogP contribution in [0.2, 0.25) is 0 Å². The molecule has 0 aromatic heterocycles. The number of nitrogens with one attached hydrogen (secondary N) is 1. The highest BCUT2D eigenvalue weighted by atomic mass is 16.7. The van der Waals surface area contributed by atoms with Crippen molar-refractivity contribution in [3.05, 3.63) is 82.9 Å². The Morgan fingerprint density at radius 2 is 1.59 bits per heavy atom. The first-order valence-corrected chi connectivity index (χ1v) is 13.3. The number of carbonyl (C=O) groups is 2. The van der Waals surface area contributed by atoms with Gasteiger partial charge in [-0.15, -0.1) is 0 Å². The summed E-state index contributed by atoms with van der Waals surface area (Å²) in [7, 11) is 0. The molecule has 1 fully saturated rings. The van der Waals surface area contributed by atoms with Gasteiger partial charge in [0.05, 0.1) is 5.41 Å². The molecule has 0 unspecified atom stereocenters. The van der Waals surface area contributed by atoms with Crippen LogP contribution in [0.25, 0.3) is 11.1 Å². The quantitative estimate of drug-likeness (QED) is 0.358. The van der Waals surface area contributed by atoms with Crippen molar-refractivity contribution in [2.75, 3.05) is 6.79 Å². The Bertz CT molecular complexity index is 1300. The normalized spacial score (nSPS) is 15.0. The van der Waals surface area contributed by atoms with Gasteiger partial charge in [0.25, 0.3) is 0 Å². The van der Waals surface area contributed by atoms with E-state index < -0.39 is 5.41 Å². The molecule has 37 heavy (non-hydrogen) atoms. The Balaban J connectivity index is 1.28. The average Bonchev–Trinajstić information content (AvgIpc) is 3.60. The fourth-order valence-corrected chi connectivity index (χ4v) is 5.29. The number of benzene rings is 3. The number of hydrogen-bond donors (Lipinski definition) is 1. The number of Topliss-reactive ketones (excluding diaryl/α,β-unsaturated/α-hetero) is 1. The van der Waals surface area contributed by atoms with Crippen LogP contribution in [-0.2, 0) is 28.0 Å². The van der Waals surface area contributed by atoms with Crippen LogP contribution < -0.4 is 14.8 Å². The lowest BCUT2D eigenvalue weighted by Gasteiger charge is -2.16. The number of rotatable bonds is 10. The van der Waals surface area contributed by atoms with Crippen molar-refractivity contribution in [1.29, 1.82) is 0 Å². The second kappa shape index (κ2) is 10.4. The first kappa shape index (κ1) is 25.1. The molecular formula is C32H35NO4. The number of fused-ring (bicyclic) bond motifs is 1. The van der Waals surface area contributed by atoms with Gasteiger partial charge >= 0.3 is 0 Å². The average molecular weight is 498 g/mol. The van der Waals surface area contributed by atoms with Gasteiger partial charge in [-0.1, -0.05) is 62.4 Å².